The van der Waals surface area contributed by atoms with Crippen molar-refractivity contribution in [2.45, 2.75) is 38.5 Å². The SMILES string of the molecule is Cc1cc(C)c([S@](=O)C2=CCCC2=O)c(C)c1. The molecule has 0 amide bonds. The Morgan fingerprint density at radius 1 is 1.12 bits per heavy atom. The highest BCUT2D eigenvalue weighted by molar-refractivity contribution is 7.90. The van der Waals surface area contributed by atoms with E-state index < -0.39 is 10.8 Å². The maximum Gasteiger partial charge on any atom is 0.172 e. The molecule has 90 valence electrons. The minimum Gasteiger partial charge on any atom is -0.294 e. The van der Waals surface area contributed by atoms with Crippen molar-refractivity contribution in [3.63, 3.8) is 0 Å². The van der Waals surface area contributed by atoms with Gasteiger partial charge in [-0.3, -0.25) is 4.79 Å². The van der Waals surface area contributed by atoms with Crippen LogP contribution in [0.25, 0.3) is 0 Å². The highest BCUT2D eigenvalue weighted by Crippen LogP contribution is 2.27. The fraction of sp³-hybridized carbons (Fsp3) is 0.357. The lowest BCUT2D eigenvalue weighted by atomic mass is 10.1. The maximum atomic E-state index is 12.4. The summed E-state index contributed by atoms with van der Waals surface area (Å²) < 4.78 is 12.4. The van der Waals surface area contributed by atoms with Gasteiger partial charge in [0.05, 0.1) is 15.7 Å². The van der Waals surface area contributed by atoms with Crippen LogP contribution in [0, 0.1) is 20.8 Å². The molecule has 2 rings (SSSR count). The molecule has 1 aliphatic carbocycles. The second-order valence-electron chi connectivity index (χ2n) is 4.53. The van der Waals surface area contributed by atoms with Crippen molar-refractivity contribution >= 4 is 16.6 Å². The monoisotopic (exact) mass is 248 g/mol. The molecule has 0 bridgehead atoms. The summed E-state index contributed by atoms with van der Waals surface area (Å²) in [5, 5.41) is 0. The molecule has 0 fully saturated rings. The zero-order chi connectivity index (χ0) is 12.6. The minimum absolute atomic E-state index is 0.0303. The Hall–Kier alpha value is -1.22. The zero-order valence-corrected chi connectivity index (χ0v) is 11.2. The van der Waals surface area contributed by atoms with Crippen LogP contribution in [-0.2, 0) is 15.6 Å². The first-order valence-electron chi connectivity index (χ1n) is 5.73. The molecule has 1 aliphatic rings. The Morgan fingerprint density at radius 2 is 1.71 bits per heavy atom. The number of carbonyl (C=O) groups is 1. The number of allylic oxidation sites excluding steroid dienone is 2. The van der Waals surface area contributed by atoms with Gasteiger partial charge < -0.3 is 0 Å². The van der Waals surface area contributed by atoms with Crippen LogP contribution in [0.3, 0.4) is 0 Å². The molecule has 1 aromatic rings. The van der Waals surface area contributed by atoms with Crippen LogP contribution in [0.4, 0.5) is 0 Å². The molecule has 0 saturated carbocycles. The van der Waals surface area contributed by atoms with Gasteiger partial charge in [0.1, 0.15) is 0 Å². The molecular weight excluding hydrogens is 232 g/mol. The molecule has 0 aromatic heterocycles. The lowest BCUT2D eigenvalue weighted by molar-refractivity contribution is -0.114. The van der Waals surface area contributed by atoms with Crippen LogP contribution in [0.1, 0.15) is 29.5 Å². The van der Waals surface area contributed by atoms with E-state index in [9.17, 15) is 9.00 Å². The van der Waals surface area contributed by atoms with Gasteiger partial charge >= 0.3 is 0 Å². The predicted octanol–water partition coefficient (Wildman–Crippen LogP) is 2.97. The fourth-order valence-electron chi connectivity index (χ4n) is 2.32. The summed E-state index contributed by atoms with van der Waals surface area (Å²) in [6, 6.07) is 4.03. The normalized spacial score (nSPS) is 17.1. The van der Waals surface area contributed by atoms with Crippen LogP contribution in [-0.4, -0.2) is 9.99 Å². The van der Waals surface area contributed by atoms with E-state index in [1.54, 1.807) is 0 Å². The summed E-state index contributed by atoms with van der Waals surface area (Å²) in [5.41, 5.74) is 3.16. The second kappa shape index (κ2) is 4.57. The summed E-state index contributed by atoms with van der Waals surface area (Å²) >= 11 is 0. The molecule has 0 heterocycles. The van der Waals surface area contributed by atoms with Crippen LogP contribution >= 0.6 is 0 Å². The van der Waals surface area contributed by atoms with Crippen molar-refractivity contribution in [2.75, 3.05) is 0 Å². The van der Waals surface area contributed by atoms with E-state index in [-0.39, 0.29) is 5.78 Å². The number of hydrogen-bond donors (Lipinski definition) is 0. The standard InChI is InChI=1S/C14H16O2S/c1-9-7-10(2)14(11(3)8-9)17(16)13-6-4-5-12(13)15/h6-8H,4-5H2,1-3H3/t17-/m1/s1. The number of ketones is 1. The average molecular weight is 248 g/mol. The zero-order valence-electron chi connectivity index (χ0n) is 10.4. The number of hydrogen-bond acceptors (Lipinski definition) is 2. The summed E-state index contributed by atoms with van der Waals surface area (Å²) in [4.78, 5) is 12.9. The number of rotatable bonds is 2. The summed E-state index contributed by atoms with van der Waals surface area (Å²) in [7, 11) is -1.31. The van der Waals surface area contributed by atoms with Crippen molar-refractivity contribution in [1.29, 1.82) is 0 Å². The summed E-state index contributed by atoms with van der Waals surface area (Å²) in [6.07, 6.45) is 3.05. The van der Waals surface area contributed by atoms with Gasteiger partial charge in [0.15, 0.2) is 5.78 Å². The van der Waals surface area contributed by atoms with Crippen molar-refractivity contribution in [1.82, 2.24) is 0 Å². The Morgan fingerprint density at radius 3 is 2.18 bits per heavy atom. The first-order valence-corrected chi connectivity index (χ1v) is 6.88. The molecule has 0 N–H and O–H groups in total. The number of aryl methyl sites for hydroxylation is 3. The van der Waals surface area contributed by atoms with Crippen LogP contribution in [0.15, 0.2) is 28.0 Å². The van der Waals surface area contributed by atoms with Crippen molar-refractivity contribution in [3.05, 3.63) is 39.8 Å². The second-order valence-corrected chi connectivity index (χ2v) is 5.91. The molecule has 1 atom stereocenters. The molecule has 0 aliphatic heterocycles. The van der Waals surface area contributed by atoms with E-state index in [1.165, 1.54) is 0 Å². The van der Waals surface area contributed by atoms with E-state index in [2.05, 4.69) is 0 Å². The van der Waals surface area contributed by atoms with E-state index in [4.69, 9.17) is 0 Å². The van der Waals surface area contributed by atoms with Crippen molar-refractivity contribution < 1.29 is 9.00 Å². The van der Waals surface area contributed by atoms with E-state index >= 15 is 0 Å². The molecule has 0 radical (unpaired) electrons. The third kappa shape index (κ3) is 2.25. The van der Waals surface area contributed by atoms with Crippen LogP contribution in [0.2, 0.25) is 0 Å². The quantitative estimate of drug-likeness (QED) is 0.806. The van der Waals surface area contributed by atoms with Gasteiger partial charge in [0.25, 0.3) is 0 Å². The van der Waals surface area contributed by atoms with Gasteiger partial charge in [0, 0.05) is 11.3 Å². The Labute approximate surface area is 104 Å². The molecule has 0 unspecified atom stereocenters. The molecule has 17 heavy (non-hydrogen) atoms. The first-order chi connectivity index (χ1) is 8.00. The molecule has 2 nitrogen and oxygen atoms in total. The minimum atomic E-state index is -1.31. The van der Waals surface area contributed by atoms with E-state index in [0.29, 0.717) is 11.3 Å². The largest absolute Gasteiger partial charge is 0.294 e. The van der Waals surface area contributed by atoms with E-state index in [1.807, 2.05) is 39.0 Å². The van der Waals surface area contributed by atoms with Crippen molar-refractivity contribution in [3.8, 4) is 0 Å². The molecular formula is C14H16O2S. The maximum absolute atomic E-state index is 12.4. The molecule has 3 heteroatoms. The topological polar surface area (TPSA) is 34.1 Å². The Kier molecular flexibility index (Phi) is 3.29. The number of benzene rings is 1. The van der Waals surface area contributed by atoms with Crippen LogP contribution < -0.4 is 0 Å². The summed E-state index contributed by atoms with van der Waals surface area (Å²) in [5.74, 6) is 0.0303. The average Bonchev–Trinajstić information content (AvgIpc) is 2.62. The van der Waals surface area contributed by atoms with Gasteiger partial charge in [-0.15, -0.1) is 0 Å². The Bertz CT molecular complexity index is 518. The van der Waals surface area contributed by atoms with E-state index in [0.717, 1.165) is 28.0 Å². The lowest BCUT2D eigenvalue weighted by Gasteiger charge is -2.11. The highest BCUT2D eigenvalue weighted by Gasteiger charge is 2.24. The molecule has 1 aromatic carbocycles. The smallest absolute Gasteiger partial charge is 0.172 e. The fourth-order valence-corrected chi connectivity index (χ4v) is 3.82. The first kappa shape index (κ1) is 12.2. The van der Waals surface area contributed by atoms with Gasteiger partial charge in [-0.1, -0.05) is 23.8 Å². The lowest BCUT2D eigenvalue weighted by Crippen LogP contribution is -2.06. The predicted molar refractivity (Wildman–Crippen MR) is 69.4 cm³/mol. The van der Waals surface area contributed by atoms with Gasteiger partial charge in [0.2, 0.25) is 0 Å². The van der Waals surface area contributed by atoms with Crippen LogP contribution in [0.5, 0.6) is 0 Å². The number of carbonyl (C=O) groups excluding carboxylic acids is 1. The van der Waals surface area contributed by atoms with Gasteiger partial charge in [-0.2, -0.15) is 0 Å². The molecule has 0 spiro atoms. The van der Waals surface area contributed by atoms with Crippen molar-refractivity contribution in [2.24, 2.45) is 0 Å². The van der Waals surface area contributed by atoms with Gasteiger partial charge in [-0.25, -0.2) is 4.21 Å². The molecule has 0 saturated heterocycles. The third-order valence-electron chi connectivity index (χ3n) is 2.97. The van der Waals surface area contributed by atoms with Gasteiger partial charge in [-0.05, 0) is 38.3 Å². The number of Topliss-reactive ketones (excluding diaryl/α,β-unsaturated/α-hetero) is 1. The Balaban J connectivity index is 2.48. The third-order valence-corrected chi connectivity index (χ3v) is 4.77. The highest BCUT2D eigenvalue weighted by atomic mass is 32.2. The summed E-state index contributed by atoms with van der Waals surface area (Å²) in [6.45, 7) is 5.92.